The Morgan fingerprint density at radius 2 is 1.88 bits per heavy atom. The van der Waals surface area contributed by atoms with Crippen molar-refractivity contribution in [3.63, 3.8) is 0 Å². The highest BCUT2D eigenvalue weighted by molar-refractivity contribution is 5.93. The topological polar surface area (TPSA) is 70.1 Å². The van der Waals surface area contributed by atoms with Crippen LogP contribution < -0.4 is 9.64 Å². The zero-order valence-corrected chi connectivity index (χ0v) is 19.9. The molecule has 1 atom stereocenters. The highest BCUT2D eigenvalue weighted by atomic mass is 19.1. The second-order valence-corrected chi connectivity index (χ2v) is 9.33. The van der Waals surface area contributed by atoms with Crippen molar-refractivity contribution in [3.8, 4) is 5.75 Å². The molecule has 0 unspecified atom stereocenters. The van der Waals surface area contributed by atoms with Gasteiger partial charge in [-0.25, -0.2) is 8.78 Å². The number of hydrogen-bond acceptors (Lipinski definition) is 5. The Balaban J connectivity index is 1.77. The fourth-order valence-electron chi connectivity index (χ4n) is 5.70. The Morgan fingerprint density at radius 1 is 1.21 bits per heavy atom. The molecule has 0 spiro atoms. The van der Waals surface area contributed by atoms with Gasteiger partial charge in [-0.2, -0.15) is 0 Å². The van der Waals surface area contributed by atoms with Crippen LogP contribution in [0.25, 0.3) is 0 Å². The number of anilines is 1. The van der Waals surface area contributed by atoms with E-state index in [1.807, 2.05) is 18.7 Å². The zero-order chi connectivity index (χ0) is 24.6. The molecule has 34 heavy (non-hydrogen) atoms. The van der Waals surface area contributed by atoms with Crippen molar-refractivity contribution in [1.29, 1.82) is 0 Å². The minimum Gasteiger partial charge on any atom is -0.504 e. The van der Waals surface area contributed by atoms with Crippen LogP contribution in [0.15, 0.2) is 35.5 Å². The summed E-state index contributed by atoms with van der Waals surface area (Å²) in [5.74, 6) is -1.47. The van der Waals surface area contributed by atoms with E-state index in [0.717, 1.165) is 6.29 Å². The van der Waals surface area contributed by atoms with Crippen LogP contribution in [0.1, 0.15) is 64.0 Å². The number of rotatable bonds is 7. The molecule has 6 nitrogen and oxygen atoms in total. The van der Waals surface area contributed by atoms with Gasteiger partial charge >= 0.3 is 0 Å². The van der Waals surface area contributed by atoms with E-state index < -0.39 is 28.9 Å². The average Bonchev–Trinajstić information content (AvgIpc) is 2.85. The van der Waals surface area contributed by atoms with Crippen molar-refractivity contribution >= 4 is 17.9 Å². The molecule has 1 amide bonds. The molecule has 2 aliphatic heterocycles. The van der Waals surface area contributed by atoms with Gasteiger partial charge in [0.05, 0.1) is 30.0 Å². The average molecular weight is 475 g/mol. The number of halogens is 2. The van der Waals surface area contributed by atoms with Gasteiger partial charge in [-0.05, 0) is 50.7 Å². The van der Waals surface area contributed by atoms with E-state index in [4.69, 9.17) is 4.74 Å². The van der Waals surface area contributed by atoms with E-state index >= 15 is 4.39 Å². The highest BCUT2D eigenvalue weighted by Crippen LogP contribution is 2.59. The van der Waals surface area contributed by atoms with Gasteiger partial charge < -0.3 is 24.4 Å². The minimum absolute atomic E-state index is 0.00403. The molecule has 1 aromatic carbocycles. The number of β-lactam (4-membered cyclic amide) rings is 1. The number of allylic oxidation sites excluding steroid dienone is 3. The maximum Gasteiger partial charge on any atom is 0.236 e. The predicted molar refractivity (Wildman–Crippen MR) is 125 cm³/mol. The lowest BCUT2D eigenvalue weighted by molar-refractivity contribution is -0.170. The largest absolute Gasteiger partial charge is 0.504 e. The molecule has 0 saturated carbocycles. The number of aliphatic hydroxyl groups is 1. The minimum atomic E-state index is -0.797. The van der Waals surface area contributed by atoms with Crippen molar-refractivity contribution in [1.82, 2.24) is 4.90 Å². The van der Waals surface area contributed by atoms with Gasteiger partial charge in [-0.15, -0.1) is 0 Å². The molecule has 0 bridgehead atoms. The van der Waals surface area contributed by atoms with Gasteiger partial charge in [0.25, 0.3) is 0 Å². The molecule has 184 valence electrons. The Hall–Kier alpha value is -2.90. The highest BCUT2D eigenvalue weighted by Gasteiger charge is 2.61. The van der Waals surface area contributed by atoms with Gasteiger partial charge in [0.1, 0.15) is 17.9 Å². The van der Waals surface area contributed by atoms with Crippen LogP contribution >= 0.6 is 0 Å². The first-order chi connectivity index (χ1) is 16.3. The summed E-state index contributed by atoms with van der Waals surface area (Å²) in [6, 6.07) is 2.48. The number of ether oxygens (including phenoxy) is 1. The third-order valence-electron chi connectivity index (χ3n) is 7.85. The first-order valence-corrected chi connectivity index (χ1v) is 12.0. The maximum absolute atomic E-state index is 15.5. The predicted octanol–water partition coefficient (Wildman–Crippen LogP) is 5.36. The van der Waals surface area contributed by atoms with Gasteiger partial charge in [-0.3, -0.25) is 4.79 Å². The summed E-state index contributed by atoms with van der Waals surface area (Å²) in [5.41, 5.74) is 0.337. The smallest absolute Gasteiger partial charge is 0.236 e. The van der Waals surface area contributed by atoms with Crippen molar-refractivity contribution in [2.45, 2.75) is 58.4 Å². The lowest BCUT2D eigenvalue weighted by Gasteiger charge is -2.57. The maximum atomic E-state index is 15.5. The van der Waals surface area contributed by atoms with Crippen molar-refractivity contribution in [2.75, 3.05) is 25.1 Å². The second-order valence-electron chi connectivity index (χ2n) is 9.33. The number of aldehydes is 1. The number of aliphatic hydroxyl groups excluding tert-OH is 1. The van der Waals surface area contributed by atoms with Crippen molar-refractivity contribution < 1.29 is 28.2 Å². The number of benzene rings is 1. The first-order valence-electron chi connectivity index (χ1n) is 12.0. The molecule has 8 heteroatoms. The van der Waals surface area contributed by atoms with Crippen molar-refractivity contribution in [3.05, 3.63) is 46.9 Å². The molecule has 1 N–H and O–H groups in total. The molecule has 0 radical (unpaired) electrons. The number of piperidine rings is 1. The van der Waals surface area contributed by atoms with Crippen molar-refractivity contribution in [2.24, 2.45) is 11.3 Å². The van der Waals surface area contributed by atoms with E-state index in [9.17, 15) is 19.1 Å². The van der Waals surface area contributed by atoms with E-state index in [0.29, 0.717) is 68.6 Å². The van der Waals surface area contributed by atoms with Crippen LogP contribution in [0.2, 0.25) is 0 Å². The molecule has 1 aromatic rings. The van der Waals surface area contributed by atoms with E-state index in [1.54, 1.807) is 6.07 Å². The standard InChI is InChI=1S/C26H32F2N2O4/c1-4-26(5-2)24(30(25(26)33)20-8-6-7-18(27)23(20)32)17-13-19(28)21(14-22(17)34-3)29-11-9-16(15-31)10-12-29/h7,13-16,24,32H,4-6,8-12H2,1-3H3/t24-/m0/s1. The second kappa shape index (κ2) is 9.39. The summed E-state index contributed by atoms with van der Waals surface area (Å²) < 4.78 is 35.4. The van der Waals surface area contributed by atoms with Gasteiger partial charge in [-0.1, -0.05) is 13.8 Å². The number of carbonyl (C=O) groups excluding carboxylic acids is 2. The third kappa shape index (κ3) is 3.67. The fourth-order valence-corrected chi connectivity index (χ4v) is 5.70. The summed E-state index contributed by atoms with van der Waals surface area (Å²) >= 11 is 0. The summed E-state index contributed by atoms with van der Waals surface area (Å²) in [5, 5.41) is 10.4. The Morgan fingerprint density at radius 3 is 2.47 bits per heavy atom. The number of likely N-dealkylation sites (tertiary alicyclic amines) is 1. The molecular weight excluding hydrogens is 442 g/mol. The Bertz CT molecular complexity index is 1040. The molecule has 2 heterocycles. The zero-order valence-electron chi connectivity index (χ0n) is 19.9. The SMILES string of the molecule is CCC1(CC)C(=O)N(C2=C(O)C(F)=CCC2)[C@H]1c1cc(F)c(N2CCC(C=O)CC2)cc1OC. The lowest BCUT2D eigenvalue weighted by Crippen LogP contribution is -2.62. The van der Waals surface area contributed by atoms with Crippen LogP contribution in [-0.2, 0) is 9.59 Å². The molecule has 4 rings (SSSR count). The number of hydrogen-bond donors (Lipinski definition) is 1. The van der Waals surface area contributed by atoms with Crippen LogP contribution in [0.3, 0.4) is 0 Å². The summed E-state index contributed by atoms with van der Waals surface area (Å²) in [6.07, 6.45) is 5.31. The monoisotopic (exact) mass is 474 g/mol. The summed E-state index contributed by atoms with van der Waals surface area (Å²) in [7, 11) is 1.50. The molecule has 0 aromatic heterocycles. The van der Waals surface area contributed by atoms with E-state index in [1.165, 1.54) is 24.2 Å². The molecule has 3 aliphatic rings. The quantitative estimate of drug-likeness (QED) is 0.426. The Kier molecular flexibility index (Phi) is 6.69. The fraction of sp³-hybridized carbons (Fsp3) is 0.538. The van der Waals surface area contributed by atoms with Gasteiger partial charge in [0.2, 0.25) is 5.91 Å². The Labute approximate surface area is 198 Å². The summed E-state index contributed by atoms with van der Waals surface area (Å²) in [4.78, 5) is 27.8. The first kappa shape index (κ1) is 24.2. The number of carbonyl (C=O) groups is 2. The van der Waals surface area contributed by atoms with Crippen LogP contribution in [-0.4, -0.2) is 42.4 Å². The van der Waals surface area contributed by atoms with Crippen LogP contribution in [0, 0.1) is 17.2 Å². The van der Waals surface area contributed by atoms with E-state index in [2.05, 4.69) is 0 Å². The summed E-state index contributed by atoms with van der Waals surface area (Å²) in [6.45, 7) is 4.96. The number of amides is 1. The normalized spacial score (nSPS) is 23.0. The van der Waals surface area contributed by atoms with Crippen LogP contribution in [0.5, 0.6) is 5.75 Å². The molecular formula is C26H32F2N2O4. The molecule has 2 saturated heterocycles. The third-order valence-corrected chi connectivity index (χ3v) is 7.85. The number of methoxy groups -OCH3 is 1. The van der Waals surface area contributed by atoms with Gasteiger partial charge in [0, 0.05) is 30.6 Å². The van der Waals surface area contributed by atoms with E-state index in [-0.39, 0.29) is 17.5 Å². The lowest BCUT2D eigenvalue weighted by atomic mass is 9.63. The van der Waals surface area contributed by atoms with Crippen LogP contribution in [0.4, 0.5) is 14.5 Å². The number of nitrogens with zero attached hydrogens (tertiary/aromatic N) is 2. The van der Waals surface area contributed by atoms with Gasteiger partial charge in [0.15, 0.2) is 11.6 Å². The molecule has 2 fully saturated rings. The molecule has 1 aliphatic carbocycles.